The number of alkyl halides is 1. The zero-order valence-corrected chi connectivity index (χ0v) is 9.92. The average Bonchev–Trinajstić information content (AvgIpc) is 2.18. The van der Waals surface area contributed by atoms with E-state index in [4.69, 9.17) is 0 Å². The van der Waals surface area contributed by atoms with E-state index in [0.29, 0.717) is 11.4 Å². The van der Waals surface area contributed by atoms with Crippen molar-refractivity contribution in [2.24, 2.45) is 0 Å². The summed E-state index contributed by atoms with van der Waals surface area (Å²) in [7, 11) is 0. The van der Waals surface area contributed by atoms with Gasteiger partial charge in [0.2, 0.25) is 0 Å². The number of nitrogens with one attached hydrogen (secondary N) is 1. The Morgan fingerprint density at radius 2 is 2.40 bits per heavy atom. The van der Waals surface area contributed by atoms with Crippen molar-refractivity contribution in [1.29, 1.82) is 0 Å². The molecular formula is C10H12BrFN2O. The summed E-state index contributed by atoms with van der Waals surface area (Å²) in [4.78, 5) is 15.5. The predicted molar refractivity (Wildman–Crippen MR) is 59.5 cm³/mol. The minimum Gasteiger partial charge on any atom is -0.351 e. The summed E-state index contributed by atoms with van der Waals surface area (Å²) in [6.45, 7) is 2.58. The molecule has 1 amide bonds. The van der Waals surface area contributed by atoms with Gasteiger partial charge >= 0.3 is 0 Å². The SMILES string of the molecule is CC(Br)CCNC(=O)c1ccc(F)cn1. The summed E-state index contributed by atoms with van der Waals surface area (Å²) in [5, 5.41) is 2.70. The number of hydrogen-bond acceptors (Lipinski definition) is 2. The fourth-order valence-corrected chi connectivity index (χ4v) is 1.21. The van der Waals surface area contributed by atoms with Crippen LogP contribution in [0.2, 0.25) is 0 Å². The van der Waals surface area contributed by atoms with Crippen LogP contribution in [-0.2, 0) is 0 Å². The molecule has 1 unspecified atom stereocenters. The lowest BCUT2D eigenvalue weighted by atomic mass is 10.3. The lowest BCUT2D eigenvalue weighted by molar-refractivity contribution is 0.0948. The van der Waals surface area contributed by atoms with Crippen molar-refractivity contribution in [3.05, 3.63) is 29.8 Å². The maximum absolute atomic E-state index is 12.5. The molecule has 82 valence electrons. The number of rotatable bonds is 4. The minimum atomic E-state index is -0.444. The van der Waals surface area contributed by atoms with Gasteiger partial charge in [0, 0.05) is 11.4 Å². The van der Waals surface area contributed by atoms with E-state index >= 15 is 0 Å². The Morgan fingerprint density at radius 3 is 2.93 bits per heavy atom. The Balaban J connectivity index is 2.43. The van der Waals surface area contributed by atoms with Gasteiger partial charge in [-0.25, -0.2) is 9.37 Å². The van der Waals surface area contributed by atoms with Gasteiger partial charge in [-0.2, -0.15) is 0 Å². The van der Waals surface area contributed by atoms with Crippen molar-refractivity contribution in [2.75, 3.05) is 6.54 Å². The van der Waals surface area contributed by atoms with E-state index in [1.165, 1.54) is 12.1 Å². The molecular weight excluding hydrogens is 263 g/mol. The van der Waals surface area contributed by atoms with Crippen molar-refractivity contribution in [2.45, 2.75) is 18.2 Å². The van der Waals surface area contributed by atoms with Crippen LogP contribution >= 0.6 is 15.9 Å². The molecule has 15 heavy (non-hydrogen) atoms. The summed E-state index contributed by atoms with van der Waals surface area (Å²) in [6.07, 6.45) is 1.87. The molecule has 3 nitrogen and oxygen atoms in total. The summed E-state index contributed by atoms with van der Waals surface area (Å²) in [6, 6.07) is 2.58. The molecule has 0 bridgehead atoms. The van der Waals surface area contributed by atoms with Gasteiger partial charge in [-0.15, -0.1) is 0 Å². The number of hydrogen-bond donors (Lipinski definition) is 1. The van der Waals surface area contributed by atoms with Gasteiger partial charge in [-0.05, 0) is 18.6 Å². The molecule has 1 atom stereocenters. The lowest BCUT2D eigenvalue weighted by Crippen LogP contribution is -2.26. The molecule has 0 radical (unpaired) electrons. The van der Waals surface area contributed by atoms with Crippen LogP contribution in [0, 0.1) is 5.82 Å². The van der Waals surface area contributed by atoms with Gasteiger partial charge in [0.15, 0.2) is 0 Å². The Bertz CT molecular complexity index is 327. The van der Waals surface area contributed by atoms with Crippen molar-refractivity contribution >= 4 is 21.8 Å². The molecule has 0 spiro atoms. The highest BCUT2D eigenvalue weighted by molar-refractivity contribution is 9.09. The smallest absolute Gasteiger partial charge is 0.269 e. The highest BCUT2D eigenvalue weighted by atomic mass is 79.9. The average molecular weight is 275 g/mol. The van der Waals surface area contributed by atoms with Gasteiger partial charge in [-0.1, -0.05) is 22.9 Å². The van der Waals surface area contributed by atoms with Crippen LogP contribution in [0.25, 0.3) is 0 Å². The van der Waals surface area contributed by atoms with Crippen molar-refractivity contribution in [1.82, 2.24) is 10.3 Å². The first kappa shape index (κ1) is 12.1. The van der Waals surface area contributed by atoms with Crippen molar-refractivity contribution < 1.29 is 9.18 Å². The third kappa shape index (κ3) is 4.38. The number of halogens is 2. The zero-order chi connectivity index (χ0) is 11.3. The van der Waals surface area contributed by atoms with Crippen LogP contribution in [0.15, 0.2) is 18.3 Å². The maximum Gasteiger partial charge on any atom is 0.269 e. The molecule has 1 aromatic rings. The van der Waals surface area contributed by atoms with Crippen LogP contribution in [0.1, 0.15) is 23.8 Å². The van der Waals surface area contributed by atoms with Crippen LogP contribution < -0.4 is 5.32 Å². The fraction of sp³-hybridized carbons (Fsp3) is 0.400. The second kappa shape index (κ2) is 5.80. The molecule has 1 N–H and O–H groups in total. The minimum absolute atomic E-state index is 0.235. The van der Waals surface area contributed by atoms with E-state index < -0.39 is 5.82 Å². The van der Waals surface area contributed by atoms with Crippen LogP contribution in [0.3, 0.4) is 0 Å². The first-order valence-corrected chi connectivity index (χ1v) is 5.55. The van der Waals surface area contributed by atoms with E-state index in [9.17, 15) is 9.18 Å². The second-order valence-electron chi connectivity index (χ2n) is 3.19. The second-order valence-corrected chi connectivity index (χ2v) is 4.75. The van der Waals surface area contributed by atoms with Gasteiger partial charge in [0.25, 0.3) is 5.91 Å². The first-order chi connectivity index (χ1) is 7.09. The molecule has 0 aliphatic heterocycles. The van der Waals surface area contributed by atoms with Gasteiger partial charge in [-0.3, -0.25) is 4.79 Å². The van der Waals surface area contributed by atoms with Crippen molar-refractivity contribution in [3.8, 4) is 0 Å². The molecule has 0 aliphatic rings. The summed E-state index contributed by atoms with van der Waals surface area (Å²) in [5.74, 6) is -0.719. The first-order valence-electron chi connectivity index (χ1n) is 4.63. The molecule has 0 aliphatic carbocycles. The third-order valence-corrected chi connectivity index (χ3v) is 2.25. The molecule has 0 aromatic carbocycles. The monoisotopic (exact) mass is 274 g/mol. The van der Waals surface area contributed by atoms with E-state index in [2.05, 4.69) is 26.2 Å². The third-order valence-electron chi connectivity index (χ3n) is 1.79. The molecule has 1 heterocycles. The quantitative estimate of drug-likeness (QED) is 0.855. The van der Waals surface area contributed by atoms with Crippen LogP contribution in [-0.4, -0.2) is 22.3 Å². The summed E-state index contributed by atoms with van der Waals surface area (Å²) >= 11 is 3.37. The van der Waals surface area contributed by atoms with Gasteiger partial charge in [0.1, 0.15) is 11.5 Å². The normalized spacial score (nSPS) is 12.2. The lowest BCUT2D eigenvalue weighted by Gasteiger charge is -2.05. The fourth-order valence-electron chi connectivity index (χ4n) is 0.985. The number of amides is 1. The maximum atomic E-state index is 12.5. The molecule has 1 aromatic heterocycles. The Morgan fingerprint density at radius 1 is 1.67 bits per heavy atom. The molecule has 0 saturated heterocycles. The van der Waals surface area contributed by atoms with Gasteiger partial charge in [0.05, 0.1) is 6.20 Å². The Hall–Kier alpha value is -0.970. The Kier molecular flexibility index (Phi) is 4.68. The summed E-state index contributed by atoms with van der Waals surface area (Å²) < 4.78 is 12.5. The van der Waals surface area contributed by atoms with E-state index in [1.807, 2.05) is 6.92 Å². The van der Waals surface area contributed by atoms with E-state index in [1.54, 1.807) is 0 Å². The Labute approximate surface area is 96.2 Å². The van der Waals surface area contributed by atoms with Crippen LogP contribution in [0.4, 0.5) is 4.39 Å². The largest absolute Gasteiger partial charge is 0.351 e. The number of aromatic nitrogens is 1. The molecule has 1 rings (SSSR count). The molecule has 0 fully saturated rings. The summed E-state index contributed by atoms with van der Waals surface area (Å²) in [5.41, 5.74) is 0.235. The topological polar surface area (TPSA) is 42.0 Å². The highest BCUT2D eigenvalue weighted by Crippen LogP contribution is 2.02. The van der Waals surface area contributed by atoms with Gasteiger partial charge < -0.3 is 5.32 Å². The van der Waals surface area contributed by atoms with Crippen molar-refractivity contribution in [3.63, 3.8) is 0 Å². The standard InChI is InChI=1S/C10H12BrFN2O/c1-7(11)4-5-13-10(15)9-3-2-8(12)6-14-9/h2-3,6-7H,4-5H2,1H3,(H,13,15). The van der Waals surface area contributed by atoms with E-state index in [-0.39, 0.29) is 11.6 Å². The zero-order valence-electron chi connectivity index (χ0n) is 8.34. The van der Waals surface area contributed by atoms with E-state index in [0.717, 1.165) is 12.6 Å². The number of pyridine rings is 1. The molecule has 5 heteroatoms. The highest BCUT2D eigenvalue weighted by Gasteiger charge is 2.06. The number of nitrogens with zero attached hydrogens (tertiary/aromatic N) is 1. The number of carbonyl (C=O) groups is 1. The molecule has 0 saturated carbocycles. The number of carbonyl (C=O) groups excluding carboxylic acids is 1. The van der Waals surface area contributed by atoms with Crippen LogP contribution in [0.5, 0.6) is 0 Å². The predicted octanol–water partition coefficient (Wildman–Crippen LogP) is 2.12.